The largest absolute Gasteiger partial charge is 0.480 e. The molecule has 0 saturated carbocycles. The summed E-state index contributed by atoms with van der Waals surface area (Å²) < 4.78 is 0. The summed E-state index contributed by atoms with van der Waals surface area (Å²) in [5, 5.41) is 11.3. The van der Waals surface area contributed by atoms with E-state index in [1.807, 2.05) is 42.5 Å². The molecule has 0 radical (unpaired) electrons. The molecule has 24 heavy (non-hydrogen) atoms. The molecule has 0 saturated heterocycles. The molecule has 6 nitrogen and oxygen atoms in total. The number of carboxylic acid groups (broad SMARTS) is 1. The van der Waals surface area contributed by atoms with Crippen molar-refractivity contribution in [3.05, 3.63) is 42.0 Å². The van der Waals surface area contributed by atoms with E-state index < -0.39 is 18.0 Å². The van der Waals surface area contributed by atoms with Crippen molar-refractivity contribution >= 4 is 35.0 Å². The molecular formula is C17H22N2O4S. The molecule has 0 aliphatic heterocycles. The number of nitrogens with zero attached hydrogens (tertiary/aromatic N) is 1. The Bertz CT molecular complexity index is 590. The molecule has 0 aliphatic carbocycles. The van der Waals surface area contributed by atoms with Crippen LogP contribution in [0, 0.1) is 0 Å². The number of carboxylic acids is 1. The molecule has 0 spiro atoms. The molecule has 1 rings (SSSR count). The van der Waals surface area contributed by atoms with Gasteiger partial charge in [-0.2, -0.15) is 0 Å². The third kappa shape index (κ3) is 7.82. The maximum absolute atomic E-state index is 12.2. The molecule has 0 fully saturated rings. The fourth-order valence-electron chi connectivity index (χ4n) is 1.79. The standard InChI is InChI=1S/C17H22N2O4S/c1-13(16(21)22)18-17(23)19(11-12-24-14(2)20)10-6-9-15-7-4-3-5-8-15/h3-9,13H,10-12H2,1-2H3,(H,18,23)(H,21,22)/b9-6+/t13-/m0/s1. The van der Waals surface area contributed by atoms with Gasteiger partial charge in [-0.25, -0.2) is 4.79 Å². The quantitative estimate of drug-likeness (QED) is 0.752. The van der Waals surface area contributed by atoms with Gasteiger partial charge in [-0.3, -0.25) is 9.59 Å². The van der Waals surface area contributed by atoms with Gasteiger partial charge in [0.05, 0.1) is 0 Å². The number of hydrogen-bond donors (Lipinski definition) is 2. The molecule has 2 N–H and O–H groups in total. The minimum absolute atomic E-state index is 0.0194. The summed E-state index contributed by atoms with van der Waals surface area (Å²) in [7, 11) is 0. The minimum Gasteiger partial charge on any atom is -0.480 e. The van der Waals surface area contributed by atoms with E-state index in [-0.39, 0.29) is 5.12 Å². The number of benzene rings is 1. The van der Waals surface area contributed by atoms with Crippen molar-refractivity contribution in [1.82, 2.24) is 10.2 Å². The van der Waals surface area contributed by atoms with Gasteiger partial charge >= 0.3 is 12.0 Å². The van der Waals surface area contributed by atoms with E-state index in [0.717, 1.165) is 17.3 Å². The Balaban J connectivity index is 2.65. The summed E-state index contributed by atoms with van der Waals surface area (Å²) in [5.41, 5.74) is 1.01. The first-order chi connectivity index (χ1) is 11.4. The lowest BCUT2D eigenvalue weighted by atomic mass is 10.2. The second-order valence-electron chi connectivity index (χ2n) is 5.11. The summed E-state index contributed by atoms with van der Waals surface area (Å²) in [6.07, 6.45) is 3.72. The van der Waals surface area contributed by atoms with Crippen LogP contribution in [-0.4, -0.2) is 52.0 Å². The predicted molar refractivity (Wildman–Crippen MR) is 95.8 cm³/mol. The first kappa shape index (κ1) is 19.8. The molecule has 2 amide bonds. The van der Waals surface area contributed by atoms with Crippen LogP contribution in [0.25, 0.3) is 6.08 Å². The summed E-state index contributed by atoms with van der Waals surface area (Å²) in [5.74, 6) is -0.634. The van der Waals surface area contributed by atoms with Gasteiger partial charge in [0, 0.05) is 25.8 Å². The number of aliphatic carboxylic acids is 1. The number of amides is 2. The lowest BCUT2D eigenvalue weighted by Crippen LogP contribution is -2.47. The van der Waals surface area contributed by atoms with Crippen LogP contribution >= 0.6 is 11.8 Å². The third-order valence-electron chi connectivity index (χ3n) is 3.10. The van der Waals surface area contributed by atoms with Gasteiger partial charge in [0.25, 0.3) is 0 Å². The highest BCUT2D eigenvalue weighted by Gasteiger charge is 2.18. The molecule has 1 aromatic rings. The van der Waals surface area contributed by atoms with Gasteiger partial charge in [0.15, 0.2) is 5.12 Å². The molecular weight excluding hydrogens is 328 g/mol. The van der Waals surface area contributed by atoms with Crippen LogP contribution in [0.2, 0.25) is 0 Å². The lowest BCUT2D eigenvalue weighted by Gasteiger charge is -2.22. The highest BCUT2D eigenvalue weighted by atomic mass is 32.2. The third-order valence-corrected chi connectivity index (χ3v) is 3.89. The molecule has 1 aromatic carbocycles. The molecule has 1 atom stereocenters. The predicted octanol–water partition coefficient (Wildman–Crippen LogP) is 2.46. The van der Waals surface area contributed by atoms with Crippen LogP contribution in [0.3, 0.4) is 0 Å². The molecule has 0 aromatic heterocycles. The van der Waals surface area contributed by atoms with E-state index in [1.165, 1.54) is 18.7 Å². The second kappa shape index (κ2) is 10.5. The number of hydrogen-bond acceptors (Lipinski definition) is 4. The zero-order valence-electron chi connectivity index (χ0n) is 13.8. The number of nitrogens with one attached hydrogen (secondary N) is 1. The van der Waals surface area contributed by atoms with Crippen molar-refractivity contribution < 1.29 is 19.5 Å². The van der Waals surface area contributed by atoms with Crippen molar-refractivity contribution in [3.63, 3.8) is 0 Å². The highest BCUT2D eigenvalue weighted by molar-refractivity contribution is 8.13. The monoisotopic (exact) mass is 350 g/mol. The normalized spacial score (nSPS) is 11.9. The number of urea groups is 1. The van der Waals surface area contributed by atoms with Crippen LogP contribution in [-0.2, 0) is 9.59 Å². The Kier molecular flexibility index (Phi) is 8.64. The van der Waals surface area contributed by atoms with Crippen molar-refractivity contribution in [2.45, 2.75) is 19.9 Å². The lowest BCUT2D eigenvalue weighted by molar-refractivity contribution is -0.138. The Labute approximate surface area is 145 Å². The van der Waals surface area contributed by atoms with Crippen molar-refractivity contribution in [3.8, 4) is 0 Å². The Morgan fingerprint density at radius 1 is 1.29 bits per heavy atom. The molecule has 0 aliphatic rings. The average molecular weight is 350 g/mol. The summed E-state index contributed by atoms with van der Waals surface area (Å²) in [6.45, 7) is 3.55. The number of carbonyl (C=O) groups is 3. The van der Waals surface area contributed by atoms with E-state index in [4.69, 9.17) is 5.11 Å². The zero-order valence-corrected chi connectivity index (χ0v) is 14.6. The molecule has 0 unspecified atom stereocenters. The SMILES string of the molecule is CC(=O)SCCN(C/C=C/c1ccccc1)C(=O)N[C@@H](C)C(=O)O. The van der Waals surface area contributed by atoms with Crippen molar-refractivity contribution in [2.75, 3.05) is 18.8 Å². The highest BCUT2D eigenvalue weighted by Crippen LogP contribution is 2.05. The zero-order chi connectivity index (χ0) is 17.9. The van der Waals surface area contributed by atoms with Crippen LogP contribution in [0.5, 0.6) is 0 Å². The van der Waals surface area contributed by atoms with Crippen LogP contribution in [0.1, 0.15) is 19.4 Å². The smallest absolute Gasteiger partial charge is 0.325 e. The average Bonchev–Trinajstić information content (AvgIpc) is 2.53. The fourth-order valence-corrected chi connectivity index (χ4v) is 2.39. The van der Waals surface area contributed by atoms with Crippen molar-refractivity contribution in [2.24, 2.45) is 0 Å². The molecule has 7 heteroatoms. The van der Waals surface area contributed by atoms with Gasteiger partial charge < -0.3 is 15.3 Å². The van der Waals surface area contributed by atoms with Crippen LogP contribution < -0.4 is 5.32 Å². The molecule has 0 bridgehead atoms. The van der Waals surface area contributed by atoms with Crippen molar-refractivity contribution in [1.29, 1.82) is 0 Å². The summed E-state index contributed by atoms with van der Waals surface area (Å²) in [4.78, 5) is 35.6. The topological polar surface area (TPSA) is 86.7 Å². The Morgan fingerprint density at radius 3 is 2.54 bits per heavy atom. The maximum Gasteiger partial charge on any atom is 0.325 e. The summed E-state index contributed by atoms with van der Waals surface area (Å²) >= 11 is 1.13. The Hall–Kier alpha value is -2.28. The molecule has 130 valence electrons. The summed E-state index contributed by atoms with van der Waals surface area (Å²) in [6, 6.07) is 8.21. The first-order valence-corrected chi connectivity index (χ1v) is 8.52. The number of rotatable bonds is 8. The van der Waals surface area contributed by atoms with Gasteiger partial charge in [-0.1, -0.05) is 54.2 Å². The van der Waals surface area contributed by atoms with E-state index in [9.17, 15) is 14.4 Å². The van der Waals surface area contributed by atoms with Crippen LogP contribution in [0.15, 0.2) is 36.4 Å². The Morgan fingerprint density at radius 2 is 1.96 bits per heavy atom. The number of carbonyl (C=O) groups excluding carboxylic acids is 2. The van der Waals surface area contributed by atoms with E-state index >= 15 is 0 Å². The van der Waals surface area contributed by atoms with E-state index in [0.29, 0.717) is 18.8 Å². The van der Waals surface area contributed by atoms with E-state index in [2.05, 4.69) is 5.32 Å². The first-order valence-electron chi connectivity index (χ1n) is 7.53. The fraction of sp³-hybridized carbons (Fsp3) is 0.353. The van der Waals surface area contributed by atoms with Gasteiger partial charge in [0.1, 0.15) is 6.04 Å². The molecule has 0 heterocycles. The minimum atomic E-state index is -1.10. The van der Waals surface area contributed by atoms with Crippen LogP contribution in [0.4, 0.5) is 4.79 Å². The van der Waals surface area contributed by atoms with Gasteiger partial charge in [0.2, 0.25) is 0 Å². The van der Waals surface area contributed by atoms with E-state index in [1.54, 1.807) is 0 Å². The maximum atomic E-state index is 12.2. The second-order valence-corrected chi connectivity index (χ2v) is 6.38. The van der Waals surface area contributed by atoms with Gasteiger partial charge in [-0.05, 0) is 12.5 Å². The number of thioether (sulfide) groups is 1. The van der Waals surface area contributed by atoms with Gasteiger partial charge in [-0.15, -0.1) is 0 Å².